The molecule has 3 heterocycles. The highest BCUT2D eigenvalue weighted by molar-refractivity contribution is 6.31. The van der Waals surface area contributed by atoms with Crippen LogP contribution < -0.4 is 11.1 Å². The van der Waals surface area contributed by atoms with Crippen LogP contribution in [0.1, 0.15) is 0 Å². The maximum Gasteiger partial charge on any atom is 0.225 e. The van der Waals surface area contributed by atoms with Crippen LogP contribution in [0.3, 0.4) is 0 Å². The van der Waals surface area contributed by atoms with Crippen molar-refractivity contribution in [2.45, 2.75) is 0 Å². The molecule has 0 atom stereocenters. The number of halogens is 2. The smallest absolute Gasteiger partial charge is 0.225 e. The Morgan fingerprint density at radius 3 is 2.64 bits per heavy atom. The largest absolute Gasteiger partial charge is 0.383 e. The molecule has 1 fully saturated rings. The predicted molar refractivity (Wildman–Crippen MR) is 127 cm³/mol. The van der Waals surface area contributed by atoms with Gasteiger partial charge in [0, 0.05) is 31.7 Å². The van der Waals surface area contributed by atoms with Gasteiger partial charge in [-0.1, -0.05) is 29.8 Å². The van der Waals surface area contributed by atoms with E-state index in [0.717, 1.165) is 38.5 Å². The van der Waals surface area contributed by atoms with Crippen LogP contribution in [0.2, 0.25) is 5.02 Å². The molecule has 170 valence electrons. The molecule has 0 amide bonds. The lowest BCUT2D eigenvalue weighted by Gasteiger charge is -2.26. The summed E-state index contributed by atoms with van der Waals surface area (Å²) in [6.07, 6.45) is 0. The molecular weight excluding hydrogens is 445 g/mol. The molecule has 2 aromatic heterocycles. The molecule has 0 aliphatic carbocycles. The summed E-state index contributed by atoms with van der Waals surface area (Å²) >= 11 is 6.06. The minimum Gasteiger partial charge on any atom is -0.383 e. The fourth-order valence-electron chi connectivity index (χ4n) is 3.86. The van der Waals surface area contributed by atoms with Crippen LogP contribution in [0, 0.1) is 5.82 Å². The molecule has 0 radical (unpaired) electrons. The van der Waals surface area contributed by atoms with Crippen molar-refractivity contribution in [1.29, 1.82) is 0 Å². The molecule has 1 aliphatic heterocycles. The maximum absolute atomic E-state index is 13.8. The Morgan fingerprint density at radius 2 is 1.88 bits per heavy atom. The Bertz CT molecular complexity index is 1280. The number of aromatic nitrogens is 4. The lowest BCUT2D eigenvalue weighted by molar-refractivity contribution is 0.0398. The van der Waals surface area contributed by atoms with E-state index in [1.165, 1.54) is 12.1 Å². The van der Waals surface area contributed by atoms with Gasteiger partial charge in [-0.3, -0.25) is 4.90 Å². The Labute approximate surface area is 195 Å². The van der Waals surface area contributed by atoms with Crippen molar-refractivity contribution >= 4 is 34.4 Å². The molecule has 1 aliphatic rings. The summed E-state index contributed by atoms with van der Waals surface area (Å²) in [7, 11) is 0. The maximum atomic E-state index is 13.8. The van der Waals surface area contributed by atoms with Crippen molar-refractivity contribution in [3.63, 3.8) is 0 Å². The van der Waals surface area contributed by atoms with Gasteiger partial charge in [0.05, 0.1) is 35.0 Å². The van der Waals surface area contributed by atoms with Crippen molar-refractivity contribution < 1.29 is 9.13 Å². The second kappa shape index (κ2) is 9.30. The number of rotatable bonds is 6. The summed E-state index contributed by atoms with van der Waals surface area (Å²) in [5.41, 5.74) is 8.91. The third-order valence-electron chi connectivity index (χ3n) is 5.58. The highest BCUT2D eigenvalue weighted by Crippen LogP contribution is 2.34. The molecule has 5 rings (SSSR count). The molecule has 0 unspecified atom stereocenters. The van der Waals surface area contributed by atoms with Crippen LogP contribution in [-0.4, -0.2) is 64.0 Å². The molecular formula is C23H23ClFN7O. The number of fused-ring (bicyclic) bond motifs is 1. The van der Waals surface area contributed by atoms with Gasteiger partial charge in [0.25, 0.3) is 0 Å². The van der Waals surface area contributed by atoms with E-state index in [9.17, 15) is 4.39 Å². The van der Waals surface area contributed by atoms with Gasteiger partial charge in [0.15, 0.2) is 5.65 Å². The monoisotopic (exact) mass is 467 g/mol. The van der Waals surface area contributed by atoms with Crippen LogP contribution in [0.25, 0.3) is 28.0 Å². The average molecular weight is 468 g/mol. The number of para-hydroxylation sites is 1. The van der Waals surface area contributed by atoms with E-state index in [1.54, 1.807) is 10.7 Å². The van der Waals surface area contributed by atoms with Crippen molar-refractivity contribution in [3.8, 4) is 16.9 Å². The van der Waals surface area contributed by atoms with Gasteiger partial charge in [-0.15, -0.1) is 5.10 Å². The third-order valence-corrected chi connectivity index (χ3v) is 5.87. The van der Waals surface area contributed by atoms with E-state index in [1.807, 2.05) is 30.3 Å². The van der Waals surface area contributed by atoms with Crippen molar-refractivity contribution in [2.24, 2.45) is 0 Å². The Morgan fingerprint density at radius 1 is 1.09 bits per heavy atom. The van der Waals surface area contributed by atoms with Crippen molar-refractivity contribution in [1.82, 2.24) is 24.6 Å². The van der Waals surface area contributed by atoms with Crippen molar-refractivity contribution in [3.05, 3.63) is 59.4 Å². The molecule has 33 heavy (non-hydrogen) atoms. The standard InChI is InChI=1S/C23H23ClFN7O/c24-17-14-15(6-7-18(17)25)20-19-21(26)32(16-4-2-1-3-5-16)30-22(19)29-23(28-20)27-8-9-31-10-12-33-13-11-31/h1-7,14H,8-13,26H2,(H,27,29,30). The van der Waals surface area contributed by atoms with Crippen molar-refractivity contribution in [2.75, 3.05) is 50.4 Å². The van der Waals surface area contributed by atoms with E-state index >= 15 is 0 Å². The van der Waals surface area contributed by atoms with E-state index in [4.69, 9.17) is 27.1 Å². The summed E-state index contributed by atoms with van der Waals surface area (Å²) in [5, 5.41) is 8.51. The third kappa shape index (κ3) is 4.47. The molecule has 1 saturated heterocycles. The zero-order valence-electron chi connectivity index (χ0n) is 17.8. The number of nitrogens with one attached hydrogen (secondary N) is 1. The SMILES string of the molecule is Nc1c2c(-c3ccc(F)c(Cl)c3)nc(NCCN3CCOCC3)nc2nn1-c1ccccc1. The number of nitrogen functional groups attached to an aromatic ring is 1. The van der Waals surface area contributed by atoms with Crippen LogP contribution in [0.15, 0.2) is 48.5 Å². The number of hydrogen-bond donors (Lipinski definition) is 2. The Hall–Kier alpha value is -3.27. The second-order valence-corrected chi connectivity index (χ2v) is 8.14. The fraction of sp³-hybridized carbons (Fsp3) is 0.261. The first-order valence-corrected chi connectivity index (χ1v) is 11.1. The predicted octanol–water partition coefficient (Wildman–Crippen LogP) is 3.60. The molecule has 4 aromatic rings. The van der Waals surface area contributed by atoms with Gasteiger partial charge in [0.2, 0.25) is 5.95 Å². The zero-order chi connectivity index (χ0) is 22.8. The number of morpholine rings is 1. The van der Waals surface area contributed by atoms with Gasteiger partial charge in [-0.25, -0.2) is 14.1 Å². The minimum atomic E-state index is -0.498. The first-order chi connectivity index (χ1) is 16.1. The quantitative estimate of drug-likeness (QED) is 0.447. The normalized spacial score (nSPS) is 14.6. The Kier molecular flexibility index (Phi) is 6.08. The number of hydrogen-bond acceptors (Lipinski definition) is 7. The summed E-state index contributed by atoms with van der Waals surface area (Å²) in [5.74, 6) is 0.318. The first-order valence-electron chi connectivity index (χ1n) is 10.7. The number of benzene rings is 2. The number of anilines is 2. The zero-order valence-corrected chi connectivity index (χ0v) is 18.6. The summed E-state index contributed by atoms with van der Waals surface area (Å²) in [6.45, 7) is 4.78. The molecule has 0 saturated carbocycles. The summed E-state index contributed by atoms with van der Waals surface area (Å²) < 4.78 is 20.9. The van der Waals surface area contributed by atoms with Gasteiger partial charge in [-0.2, -0.15) is 4.98 Å². The van der Waals surface area contributed by atoms with Gasteiger partial charge >= 0.3 is 0 Å². The highest BCUT2D eigenvalue weighted by atomic mass is 35.5. The van der Waals surface area contributed by atoms with Crippen LogP contribution in [0.5, 0.6) is 0 Å². The van der Waals surface area contributed by atoms with Gasteiger partial charge < -0.3 is 15.8 Å². The molecule has 0 bridgehead atoms. The summed E-state index contributed by atoms with van der Waals surface area (Å²) in [4.78, 5) is 11.6. The minimum absolute atomic E-state index is 0.00936. The molecule has 8 nitrogen and oxygen atoms in total. The first kappa shape index (κ1) is 21.6. The van der Waals surface area contributed by atoms with E-state index in [-0.39, 0.29) is 5.02 Å². The molecule has 0 spiro atoms. The Balaban J connectivity index is 1.55. The number of ether oxygens (including phenoxy) is 1. The van der Waals surface area contributed by atoms with Crippen LogP contribution in [-0.2, 0) is 4.74 Å². The molecule has 3 N–H and O–H groups in total. The summed E-state index contributed by atoms with van der Waals surface area (Å²) in [6, 6.07) is 14.0. The fourth-order valence-corrected chi connectivity index (χ4v) is 4.04. The molecule has 2 aromatic carbocycles. The lowest BCUT2D eigenvalue weighted by Crippen LogP contribution is -2.39. The molecule has 10 heteroatoms. The van der Waals surface area contributed by atoms with E-state index < -0.39 is 5.82 Å². The van der Waals surface area contributed by atoms with E-state index in [2.05, 4.69) is 20.3 Å². The van der Waals surface area contributed by atoms with Gasteiger partial charge in [-0.05, 0) is 30.3 Å². The average Bonchev–Trinajstić information content (AvgIpc) is 3.18. The topological polar surface area (TPSA) is 94.1 Å². The lowest BCUT2D eigenvalue weighted by atomic mass is 10.1. The van der Waals surface area contributed by atoms with Crippen LogP contribution >= 0.6 is 11.6 Å². The number of nitrogens with zero attached hydrogens (tertiary/aromatic N) is 5. The van der Waals surface area contributed by atoms with Crippen LogP contribution in [0.4, 0.5) is 16.2 Å². The number of nitrogens with two attached hydrogens (primary N) is 1. The highest BCUT2D eigenvalue weighted by Gasteiger charge is 2.20. The van der Waals surface area contributed by atoms with Gasteiger partial charge in [0.1, 0.15) is 11.6 Å². The van der Waals surface area contributed by atoms with E-state index in [0.29, 0.717) is 40.6 Å². The second-order valence-electron chi connectivity index (χ2n) is 7.74.